The van der Waals surface area contributed by atoms with Crippen LogP contribution in [0.2, 0.25) is 0 Å². The van der Waals surface area contributed by atoms with E-state index >= 15 is 0 Å². The molecule has 4 N–H and O–H groups in total. The first-order valence-electron chi connectivity index (χ1n) is 3.46. The van der Waals surface area contributed by atoms with E-state index in [1.54, 1.807) is 7.05 Å². The van der Waals surface area contributed by atoms with Crippen molar-refractivity contribution >= 4 is 0 Å². The Balaban J connectivity index is 2.63. The van der Waals surface area contributed by atoms with Gasteiger partial charge in [-0.25, -0.2) is 0 Å². The summed E-state index contributed by atoms with van der Waals surface area (Å²) in [6.45, 7) is 0.267. The van der Waals surface area contributed by atoms with Crippen molar-refractivity contribution < 1.29 is 20.4 Å². The van der Waals surface area contributed by atoms with Gasteiger partial charge in [0.15, 0.2) is 6.29 Å². The second-order valence-corrected chi connectivity index (χ2v) is 2.90. The Hall–Kier alpha value is -0.200. The van der Waals surface area contributed by atoms with E-state index in [1.807, 2.05) is 0 Å². The molecule has 1 fully saturated rings. The molecule has 5 heteroatoms. The Kier molecular flexibility index (Phi) is 2.46. The summed E-state index contributed by atoms with van der Waals surface area (Å²) in [5.41, 5.74) is 0. The highest BCUT2D eigenvalue weighted by molar-refractivity contribution is 4.92. The lowest BCUT2D eigenvalue weighted by Gasteiger charge is -2.22. The van der Waals surface area contributed by atoms with Crippen LogP contribution >= 0.6 is 0 Å². The average Bonchev–Trinajstić information content (AvgIpc) is 2.07. The first kappa shape index (κ1) is 8.89. The van der Waals surface area contributed by atoms with Crippen LogP contribution in [0.15, 0.2) is 0 Å². The number of aliphatic hydroxyl groups is 4. The number of likely N-dealkylation sites (N-methyl/N-ethyl adjacent to an activating group) is 1. The van der Waals surface area contributed by atoms with Crippen LogP contribution in [-0.2, 0) is 0 Å². The zero-order chi connectivity index (χ0) is 8.59. The fraction of sp³-hybridized carbons (Fsp3) is 1.00. The molecule has 0 aliphatic carbocycles. The smallest absolute Gasteiger partial charge is 0.169 e. The third-order valence-electron chi connectivity index (χ3n) is 2.03. The fourth-order valence-corrected chi connectivity index (χ4v) is 1.42. The number of likely N-dealkylation sites (tertiary alicyclic amines) is 1. The van der Waals surface area contributed by atoms with Gasteiger partial charge in [-0.2, -0.15) is 0 Å². The van der Waals surface area contributed by atoms with E-state index in [2.05, 4.69) is 0 Å². The molecule has 0 radical (unpaired) electrons. The average molecular weight is 163 g/mol. The number of rotatable bonds is 1. The first-order chi connectivity index (χ1) is 5.04. The topological polar surface area (TPSA) is 84.2 Å². The number of aliphatic hydroxyl groups excluding tert-OH is 3. The molecular formula is C6H13NO4. The van der Waals surface area contributed by atoms with Gasteiger partial charge in [-0.15, -0.1) is 0 Å². The van der Waals surface area contributed by atoms with Crippen molar-refractivity contribution in [1.82, 2.24) is 4.90 Å². The molecule has 0 spiro atoms. The molecule has 1 heterocycles. The van der Waals surface area contributed by atoms with Crippen LogP contribution < -0.4 is 0 Å². The highest BCUT2D eigenvalue weighted by Crippen LogP contribution is 2.18. The van der Waals surface area contributed by atoms with Crippen LogP contribution in [0, 0.1) is 0 Å². The fourth-order valence-electron chi connectivity index (χ4n) is 1.42. The van der Waals surface area contributed by atoms with Crippen LogP contribution in [0.1, 0.15) is 0 Å². The van der Waals surface area contributed by atoms with Crippen molar-refractivity contribution in [2.24, 2.45) is 0 Å². The molecule has 1 aliphatic rings. The van der Waals surface area contributed by atoms with Crippen molar-refractivity contribution in [2.45, 2.75) is 24.5 Å². The Bertz CT molecular complexity index is 141. The maximum Gasteiger partial charge on any atom is 0.169 e. The zero-order valence-corrected chi connectivity index (χ0v) is 6.25. The Morgan fingerprint density at radius 1 is 1.36 bits per heavy atom. The number of nitrogens with zero attached hydrogens (tertiary/aromatic N) is 1. The van der Waals surface area contributed by atoms with E-state index in [0.717, 1.165) is 0 Å². The Morgan fingerprint density at radius 3 is 2.09 bits per heavy atom. The van der Waals surface area contributed by atoms with Gasteiger partial charge in [0.25, 0.3) is 0 Å². The summed E-state index contributed by atoms with van der Waals surface area (Å²) in [7, 11) is 1.61. The minimum atomic E-state index is -1.60. The first-order valence-corrected chi connectivity index (χ1v) is 3.46. The van der Waals surface area contributed by atoms with Crippen molar-refractivity contribution in [3.63, 3.8) is 0 Å². The molecule has 1 saturated heterocycles. The molecule has 1 aliphatic heterocycles. The molecule has 0 saturated carbocycles. The zero-order valence-electron chi connectivity index (χ0n) is 6.25. The standard InChI is InChI=1S/C6H13NO4/c1-7-2-3(8)5(9)4(7)6(10)11/h3-6,8-11H,2H2,1H3/t3-,4-,5+/m1/s1. The van der Waals surface area contributed by atoms with E-state index in [-0.39, 0.29) is 6.54 Å². The van der Waals surface area contributed by atoms with Crippen LogP contribution in [0.3, 0.4) is 0 Å². The maximum absolute atomic E-state index is 9.19. The normalized spacial score (nSPS) is 40.4. The molecule has 5 nitrogen and oxygen atoms in total. The van der Waals surface area contributed by atoms with Crippen LogP contribution in [0.5, 0.6) is 0 Å². The predicted octanol–water partition coefficient (Wildman–Crippen LogP) is -2.67. The lowest BCUT2D eigenvalue weighted by atomic mass is 10.1. The van der Waals surface area contributed by atoms with Crippen molar-refractivity contribution in [2.75, 3.05) is 13.6 Å². The summed E-state index contributed by atoms with van der Waals surface area (Å²) in [6.07, 6.45) is -3.56. The minimum absolute atomic E-state index is 0.267. The molecule has 0 amide bonds. The summed E-state index contributed by atoms with van der Waals surface area (Å²) < 4.78 is 0. The third kappa shape index (κ3) is 1.52. The van der Waals surface area contributed by atoms with E-state index in [1.165, 1.54) is 4.90 Å². The summed E-state index contributed by atoms with van der Waals surface area (Å²) in [4.78, 5) is 1.51. The van der Waals surface area contributed by atoms with E-state index in [4.69, 9.17) is 15.3 Å². The van der Waals surface area contributed by atoms with Gasteiger partial charge in [-0.05, 0) is 7.05 Å². The molecule has 3 atom stereocenters. The van der Waals surface area contributed by atoms with Crippen molar-refractivity contribution in [3.8, 4) is 0 Å². The molecule has 66 valence electrons. The highest BCUT2D eigenvalue weighted by Gasteiger charge is 2.41. The van der Waals surface area contributed by atoms with Gasteiger partial charge < -0.3 is 20.4 Å². The van der Waals surface area contributed by atoms with Gasteiger partial charge >= 0.3 is 0 Å². The molecule has 0 aromatic heterocycles. The Labute approximate surface area is 64.5 Å². The van der Waals surface area contributed by atoms with E-state index in [9.17, 15) is 5.11 Å². The summed E-state index contributed by atoms with van der Waals surface area (Å²) >= 11 is 0. The van der Waals surface area contributed by atoms with E-state index < -0.39 is 24.5 Å². The van der Waals surface area contributed by atoms with Crippen molar-refractivity contribution in [3.05, 3.63) is 0 Å². The molecule has 0 aromatic rings. The molecule has 0 unspecified atom stereocenters. The molecule has 1 rings (SSSR count). The largest absolute Gasteiger partial charge is 0.389 e. The van der Waals surface area contributed by atoms with Crippen molar-refractivity contribution in [1.29, 1.82) is 0 Å². The lowest BCUT2D eigenvalue weighted by Crippen LogP contribution is -2.43. The number of β-amino-alcohol motifs (C(OH)–C–C–N with tert-alkyl or cyclic N) is 1. The molecule has 0 bridgehead atoms. The quantitative estimate of drug-likeness (QED) is 0.317. The summed E-state index contributed by atoms with van der Waals surface area (Å²) in [6, 6.07) is -0.773. The van der Waals surface area contributed by atoms with Gasteiger partial charge in [0.1, 0.15) is 6.10 Å². The van der Waals surface area contributed by atoms with Gasteiger partial charge in [0, 0.05) is 6.54 Å². The van der Waals surface area contributed by atoms with Gasteiger partial charge in [-0.1, -0.05) is 0 Å². The lowest BCUT2D eigenvalue weighted by molar-refractivity contribution is -0.115. The number of hydrogen-bond acceptors (Lipinski definition) is 5. The molecular weight excluding hydrogens is 150 g/mol. The van der Waals surface area contributed by atoms with Gasteiger partial charge in [0.05, 0.1) is 12.1 Å². The minimum Gasteiger partial charge on any atom is -0.389 e. The van der Waals surface area contributed by atoms with E-state index in [0.29, 0.717) is 0 Å². The summed E-state index contributed by atoms with van der Waals surface area (Å²) in [5.74, 6) is 0. The van der Waals surface area contributed by atoms with Crippen LogP contribution in [0.4, 0.5) is 0 Å². The van der Waals surface area contributed by atoms with Crippen LogP contribution in [0.25, 0.3) is 0 Å². The Morgan fingerprint density at radius 2 is 1.91 bits per heavy atom. The monoisotopic (exact) mass is 163 g/mol. The highest BCUT2D eigenvalue weighted by atomic mass is 16.5. The second kappa shape index (κ2) is 3.04. The second-order valence-electron chi connectivity index (χ2n) is 2.90. The SMILES string of the molecule is CN1C[C@@H](O)[C@H](O)[C@@H]1C(O)O. The molecule has 11 heavy (non-hydrogen) atoms. The van der Waals surface area contributed by atoms with Gasteiger partial charge in [0.2, 0.25) is 0 Å². The summed E-state index contributed by atoms with van der Waals surface area (Å²) in [5, 5.41) is 35.8. The maximum atomic E-state index is 9.19. The molecule has 0 aromatic carbocycles. The third-order valence-corrected chi connectivity index (χ3v) is 2.03. The predicted molar refractivity (Wildman–Crippen MR) is 36.7 cm³/mol. The van der Waals surface area contributed by atoms with Crippen LogP contribution in [-0.4, -0.2) is 63.5 Å². The van der Waals surface area contributed by atoms with Gasteiger partial charge in [-0.3, -0.25) is 4.90 Å². The number of hydrogen-bond donors (Lipinski definition) is 4.